The summed E-state index contributed by atoms with van der Waals surface area (Å²) in [5.74, 6) is 1.41. The quantitative estimate of drug-likeness (QED) is 0.898. The van der Waals surface area contributed by atoms with Crippen LogP contribution in [-0.2, 0) is 6.54 Å². The Labute approximate surface area is 108 Å². The fourth-order valence-corrected chi connectivity index (χ4v) is 1.91. The number of hydrogen-bond acceptors (Lipinski definition) is 3. The zero-order valence-corrected chi connectivity index (χ0v) is 11.0. The number of aryl methyl sites for hydroxylation is 3. The van der Waals surface area contributed by atoms with E-state index < -0.39 is 0 Å². The van der Waals surface area contributed by atoms with Gasteiger partial charge in [0.05, 0.1) is 0 Å². The molecule has 0 unspecified atom stereocenters. The molecule has 3 heteroatoms. The minimum absolute atomic E-state index is 0.424. The van der Waals surface area contributed by atoms with Crippen molar-refractivity contribution >= 4 is 0 Å². The Balaban J connectivity index is 2.35. The van der Waals surface area contributed by atoms with Crippen LogP contribution in [0.3, 0.4) is 0 Å². The molecular weight excluding hydrogens is 224 g/mol. The molecule has 1 aromatic heterocycles. The van der Waals surface area contributed by atoms with Crippen molar-refractivity contribution in [2.45, 2.75) is 27.3 Å². The summed E-state index contributed by atoms with van der Waals surface area (Å²) in [6.07, 6.45) is 0. The van der Waals surface area contributed by atoms with E-state index in [0.29, 0.717) is 12.4 Å². The van der Waals surface area contributed by atoms with E-state index in [4.69, 9.17) is 10.5 Å². The van der Waals surface area contributed by atoms with Crippen LogP contribution in [0.15, 0.2) is 30.3 Å². The highest BCUT2D eigenvalue weighted by Crippen LogP contribution is 2.25. The zero-order valence-electron chi connectivity index (χ0n) is 11.0. The Bertz CT molecular complexity index is 544. The van der Waals surface area contributed by atoms with Crippen molar-refractivity contribution in [1.29, 1.82) is 0 Å². The van der Waals surface area contributed by atoms with Crippen molar-refractivity contribution in [3.05, 3.63) is 52.7 Å². The summed E-state index contributed by atoms with van der Waals surface area (Å²) in [5, 5.41) is 0. The van der Waals surface area contributed by atoms with Gasteiger partial charge < -0.3 is 10.5 Å². The van der Waals surface area contributed by atoms with Gasteiger partial charge in [0.2, 0.25) is 5.88 Å². The molecule has 0 bridgehead atoms. The molecule has 0 atom stereocenters. The molecule has 2 rings (SSSR count). The van der Waals surface area contributed by atoms with Gasteiger partial charge >= 0.3 is 0 Å². The molecule has 0 aliphatic rings. The first kappa shape index (κ1) is 12.6. The lowest BCUT2D eigenvalue weighted by atomic mass is 10.1. The molecule has 1 aromatic carbocycles. The Morgan fingerprint density at radius 2 is 1.72 bits per heavy atom. The fraction of sp³-hybridized carbons (Fsp3) is 0.267. The molecule has 0 fully saturated rings. The highest BCUT2D eigenvalue weighted by molar-refractivity contribution is 5.37. The van der Waals surface area contributed by atoms with Gasteiger partial charge in [0, 0.05) is 17.8 Å². The lowest BCUT2D eigenvalue weighted by Crippen LogP contribution is -2.02. The molecular formula is C15H18N2O. The summed E-state index contributed by atoms with van der Waals surface area (Å²) >= 11 is 0. The third-order valence-electron chi connectivity index (χ3n) is 2.71. The SMILES string of the molecule is Cc1cc(C)cc(Oc2nc(C)ccc2CN)c1. The van der Waals surface area contributed by atoms with E-state index in [9.17, 15) is 0 Å². The topological polar surface area (TPSA) is 48.1 Å². The maximum absolute atomic E-state index is 5.85. The van der Waals surface area contributed by atoms with E-state index in [1.807, 2.05) is 45.0 Å². The van der Waals surface area contributed by atoms with Crippen molar-refractivity contribution in [2.24, 2.45) is 5.73 Å². The zero-order chi connectivity index (χ0) is 13.1. The first-order valence-corrected chi connectivity index (χ1v) is 6.01. The van der Waals surface area contributed by atoms with Crippen LogP contribution in [0, 0.1) is 20.8 Å². The van der Waals surface area contributed by atoms with E-state index in [0.717, 1.165) is 17.0 Å². The molecule has 0 spiro atoms. The third-order valence-corrected chi connectivity index (χ3v) is 2.71. The van der Waals surface area contributed by atoms with E-state index in [2.05, 4.69) is 11.1 Å². The summed E-state index contributed by atoms with van der Waals surface area (Å²) in [5.41, 5.74) is 9.88. The fourth-order valence-electron chi connectivity index (χ4n) is 1.91. The monoisotopic (exact) mass is 242 g/mol. The molecule has 0 radical (unpaired) electrons. The van der Waals surface area contributed by atoms with Crippen molar-refractivity contribution in [3.8, 4) is 11.6 Å². The van der Waals surface area contributed by atoms with E-state index >= 15 is 0 Å². The molecule has 3 nitrogen and oxygen atoms in total. The van der Waals surface area contributed by atoms with E-state index in [-0.39, 0.29) is 0 Å². The van der Waals surface area contributed by atoms with Gasteiger partial charge in [-0.05, 0) is 50.1 Å². The van der Waals surface area contributed by atoms with Gasteiger partial charge in [-0.25, -0.2) is 4.98 Å². The van der Waals surface area contributed by atoms with Gasteiger partial charge in [0.15, 0.2) is 0 Å². The van der Waals surface area contributed by atoms with Gasteiger partial charge in [-0.15, -0.1) is 0 Å². The molecule has 0 aliphatic heterocycles. The molecule has 1 heterocycles. The van der Waals surface area contributed by atoms with Crippen LogP contribution in [0.5, 0.6) is 11.6 Å². The number of benzene rings is 1. The summed E-state index contributed by atoms with van der Waals surface area (Å²) in [7, 11) is 0. The Kier molecular flexibility index (Phi) is 3.63. The number of aromatic nitrogens is 1. The van der Waals surface area contributed by atoms with Crippen LogP contribution >= 0.6 is 0 Å². The summed E-state index contributed by atoms with van der Waals surface area (Å²) in [4.78, 5) is 4.40. The van der Waals surface area contributed by atoms with Crippen molar-refractivity contribution in [2.75, 3.05) is 0 Å². The van der Waals surface area contributed by atoms with Gasteiger partial charge in [0.1, 0.15) is 5.75 Å². The van der Waals surface area contributed by atoms with Gasteiger partial charge in [-0.1, -0.05) is 12.1 Å². The smallest absolute Gasteiger partial charge is 0.223 e. The molecule has 2 N–H and O–H groups in total. The largest absolute Gasteiger partial charge is 0.439 e. The van der Waals surface area contributed by atoms with E-state index in [1.165, 1.54) is 11.1 Å². The molecule has 94 valence electrons. The lowest BCUT2D eigenvalue weighted by molar-refractivity contribution is 0.454. The molecule has 18 heavy (non-hydrogen) atoms. The number of nitrogens with two attached hydrogens (primary N) is 1. The van der Waals surface area contributed by atoms with Crippen molar-refractivity contribution in [1.82, 2.24) is 4.98 Å². The summed E-state index contributed by atoms with van der Waals surface area (Å²) in [6, 6.07) is 10.0. The van der Waals surface area contributed by atoms with Crippen molar-refractivity contribution < 1.29 is 4.74 Å². The molecule has 0 saturated heterocycles. The molecule has 0 aliphatic carbocycles. The maximum atomic E-state index is 5.85. The second kappa shape index (κ2) is 5.19. The standard InChI is InChI=1S/C15H18N2O/c1-10-6-11(2)8-14(7-10)18-15-13(9-16)5-4-12(3)17-15/h4-8H,9,16H2,1-3H3. The Hall–Kier alpha value is -1.87. The van der Waals surface area contributed by atoms with Gasteiger partial charge in [-0.2, -0.15) is 0 Å². The predicted molar refractivity (Wildman–Crippen MR) is 72.9 cm³/mol. The second-order valence-corrected chi connectivity index (χ2v) is 4.55. The summed E-state index contributed by atoms with van der Waals surface area (Å²) < 4.78 is 5.85. The lowest BCUT2D eigenvalue weighted by Gasteiger charge is -2.11. The van der Waals surface area contributed by atoms with Crippen LogP contribution in [-0.4, -0.2) is 4.98 Å². The molecule has 2 aromatic rings. The van der Waals surface area contributed by atoms with Crippen LogP contribution in [0.25, 0.3) is 0 Å². The normalized spacial score (nSPS) is 10.4. The second-order valence-electron chi connectivity index (χ2n) is 4.55. The predicted octanol–water partition coefficient (Wildman–Crippen LogP) is 3.26. The number of nitrogens with zero attached hydrogens (tertiary/aromatic N) is 1. The molecule has 0 saturated carbocycles. The Morgan fingerprint density at radius 1 is 1.06 bits per heavy atom. The number of ether oxygens (including phenoxy) is 1. The highest BCUT2D eigenvalue weighted by atomic mass is 16.5. The highest BCUT2D eigenvalue weighted by Gasteiger charge is 2.06. The number of rotatable bonds is 3. The van der Waals surface area contributed by atoms with Gasteiger partial charge in [0.25, 0.3) is 0 Å². The molecule has 0 amide bonds. The number of pyridine rings is 1. The number of hydrogen-bond donors (Lipinski definition) is 1. The summed E-state index contributed by atoms with van der Waals surface area (Å²) in [6.45, 7) is 6.46. The van der Waals surface area contributed by atoms with Crippen LogP contribution in [0.1, 0.15) is 22.4 Å². The average Bonchev–Trinajstić information content (AvgIpc) is 2.27. The van der Waals surface area contributed by atoms with Gasteiger partial charge in [-0.3, -0.25) is 0 Å². The minimum Gasteiger partial charge on any atom is -0.439 e. The maximum Gasteiger partial charge on any atom is 0.223 e. The first-order valence-electron chi connectivity index (χ1n) is 6.01. The average molecular weight is 242 g/mol. The van der Waals surface area contributed by atoms with Crippen LogP contribution in [0.2, 0.25) is 0 Å². The van der Waals surface area contributed by atoms with Crippen LogP contribution < -0.4 is 10.5 Å². The minimum atomic E-state index is 0.424. The van der Waals surface area contributed by atoms with E-state index in [1.54, 1.807) is 0 Å². The first-order chi connectivity index (χ1) is 8.58. The van der Waals surface area contributed by atoms with Crippen LogP contribution in [0.4, 0.5) is 0 Å². The third kappa shape index (κ3) is 2.87. The van der Waals surface area contributed by atoms with Crippen molar-refractivity contribution in [3.63, 3.8) is 0 Å². The Morgan fingerprint density at radius 3 is 2.33 bits per heavy atom.